The van der Waals surface area contributed by atoms with Gasteiger partial charge in [-0.15, -0.1) is 0 Å². The van der Waals surface area contributed by atoms with Crippen molar-refractivity contribution < 1.29 is 19.2 Å². The summed E-state index contributed by atoms with van der Waals surface area (Å²) < 4.78 is 4.67. The molecule has 0 radical (unpaired) electrons. The van der Waals surface area contributed by atoms with Crippen LogP contribution in [0.1, 0.15) is 12.2 Å². The maximum atomic E-state index is 11.4. The first-order valence-corrected chi connectivity index (χ1v) is 4.42. The third-order valence-corrected chi connectivity index (χ3v) is 2.20. The number of aromatic nitrogens is 2. The van der Waals surface area contributed by atoms with Crippen LogP contribution in [0.3, 0.4) is 0 Å². The van der Waals surface area contributed by atoms with Gasteiger partial charge in [0.1, 0.15) is 0 Å². The summed E-state index contributed by atoms with van der Waals surface area (Å²) in [4.78, 5) is 25.7. The maximum Gasteiger partial charge on any atom is 0.328 e. The summed E-state index contributed by atoms with van der Waals surface area (Å²) in [6, 6.07) is 0.00791. The van der Waals surface area contributed by atoms with Crippen molar-refractivity contribution in [3.05, 3.63) is 5.82 Å². The summed E-state index contributed by atoms with van der Waals surface area (Å²) in [6.07, 6.45) is 0.369. The fourth-order valence-electron chi connectivity index (χ4n) is 1.30. The number of hydrogen-bond donors (Lipinski definition) is 2. The highest BCUT2D eigenvalue weighted by Crippen LogP contribution is 2.39. The average molecular weight is 211 g/mol. The fraction of sp³-hybridized carbons (Fsp3) is 0.500. The molecule has 0 aliphatic heterocycles. The second-order valence-corrected chi connectivity index (χ2v) is 3.42. The third kappa shape index (κ3) is 1.95. The molecule has 2 atom stereocenters. The molecule has 1 saturated carbocycles. The lowest BCUT2D eigenvalue weighted by molar-refractivity contribution is -0.139. The van der Waals surface area contributed by atoms with Gasteiger partial charge in [0.15, 0.2) is 5.82 Å². The largest absolute Gasteiger partial charge is 0.481 e. The van der Waals surface area contributed by atoms with Crippen molar-refractivity contribution in [3.8, 4) is 0 Å². The van der Waals surface area contributed by atoms with Crippen molar-refractivity contribution in [2.24, 2.45) is 11.8 Å². The van der Waals surface area contributed by atoms with Gasteiger partial charge in [0.25, 0.3) is 0 Å². The number of nitrogens with one attached hydrogen (secondary N) is 1. The molecule has 7 nitrogen and oxygen atoms in total. The SMILES string of the molecule is Cc1noc(NC(=O)C2CC2C(=O)O)n1. The van der Waals surface area contributed by atoms with Crippen LogP contribution in [0, 0.1) is 18.8 Å². The van der Waals surface area contributed by atoms with Crippen LogP contribution in [0.5, 0.6) is 0 Å². The van der Waals surface area contributed by atoms with E-state index in [2.05, 4.69) is 20.0 Å². The molecule has 1 fully saturated rings. The smallest absolute Gasteiger partial charge is 0.328 e. The van der Waals surface area contributed by atoms with E-state index in [-0.39, 0.29) is 11.9 Å². The van der Waals surface area contributed by atoms with E-state index in [0.717, 1.165) is 0 Å². The van der Waals surface area contributed by atoms with E-state index in [1.165, 1.54) is 0 Å². The van der Waals surface area contributed by atoms with Gasteiger partial charge in [-0.05, 0) is 13.3 Å². The Morgan fingerprint density at radius 3 is 2.73 bits per heavy atom. The van der Waals surface area contributed by atoms with Gasteiger partial charge >= 0.3 is 12.0 Å². The highest BCUT2D eigenvalue weighted by molar-refractivity contribution is 5.96. The normalized spacial score (nSPS) is 23.5. The Balaban J connectivity index is 1.92. The fourth-order valence-corrected chi connectivity index (χ4v) is 1.30. The molecular weight excluding hydrogens is 202 g/mol. The van der Waals surface area contributed by atoms with Gasteiger partial charge < -0.3 is 9.63 Å². The molecule has 2 N–H and O–H groups in total. The lowest BCUT2D eigenvalue weighted by Gasteiger charge is -1.96. The zero-order valence-corrected chi connectivity index (χ0v) is 7.93. The van der Waals surface area contributed by atoms with E-state index in [0.29, 0.717) is 12.2 Å². The second-order valence-electron chi connectivity index (χ2n) is 3.42. The molecule has 0 aromatic carbocycles. The molecule has 2 unspecified atom stereocenters. The number of aryl methyl sites for hydroxylation is 1. The van der Waals surface area contributed by atoms with E-state index in [1.807, 2.05) is 0 Å². The minimum Gasteiger partial charge on any atom is -0.481 e. The molecule has 15 heavy (non-hydrogen) atoms. The van der Waals surface area contributed by atoms with E-state index >= 15 is 0 Å². The van der Waals surface area contributed by atoms with Gasteiger partial charge in [0, 0.05) is 0 Å². The number of anilines is 1. The molecule has 1 aromatic heterocycles. The van der Waals surface area contributed by atoms with Gasteiger partial charge in [-0.1, -0.05) is 5.16 Å². The molecule has 1 heterocycles. The third-order valence-electron chi connectivity index (χ3n) is 2.20. The Labute approximate surface area is 84.5 Å². The molecule has 0 saturated heterocycles. The van der Waals surface area contributed by atoms with Crippen molar-refractivity contribution >= 4 is 17.9 Å². The number of rotatable bonds is 3. The molecule has 7 heteroatoms. The summed E-state index contributed by atoms with van der Waals surface area (Å²) in [5.74, 6) is -1.97. The predicted octanol–water partition coefficient (Wildman–Crippen LogP) is 0.0372. The molecule has 1 aliphatic carbocycles. The maximum absolute atomic E-state index is 11.4. The zero-order valence-electron chi connectivity index (χ0n) is 7.93. The number of nitrogens with zero attached hydrogens (tertiary/aromatic N) is 2. The first kappa shape index (κ1) is 9.63. The molecule has 2 rings (SSSR count). The van der Waals surface area contributed by atoms with Crippen LogP contribution < -0.4 is 5.32 Å². The molecule has 1 aromatic rings. The number of aliphatic carboxylic acids is 1. The molecule has 80 valence electrons. The molecule has 0 spiro atoms. The summed E-state index contributed by atoms with van der Waals surface area (Å²) >= 11 is 0. The highest BCUT2D eigenvalue weighted by Gasteiger charge is 2.48. The summed E-state index contributed by atoms with van der Waals surface area (Å²) in [6.45, 7) is 1.62. The van der Waals surface area contributed by atoms with E-state index in [9.17, 15) is 9.59 Å². The first-order valence-electron chi connectivity index (χ1n) is 4.42. The average Bonchev–Trinajstić information content (AvgIpc) is 2.86. The van der Waals surface area contributed by atoms with Crippen LogP contribution in [0.2, 0.25) is 0 Å². The van der Waals surface area contributed by atoms with Crippen molar-refractivity contribution in [1.82, 2.24) is 10.1 Å². The number of carboxylic acid groups (broad SMARTS) is 1. The summed E-state index contributed by atoms with van der Waals surface area (Å²) in [7, 11) is 0. The number of carboxylic acids is 1. The minimum absolute atomic E-state index is 0.00791. The van der Waals surface area contributed by atoms with Gasteiger partial charge in [-0.25, -0.2) is 0 Å². The van der Waals surface area contributed by atoms with Crippen LogP contribution in [0.15, 0.2) is 4.52 Å². The molecular formula is C8H9N3O4. The topological polar surface area (TPSA) is 105 Å². The Morgan fingerprint density at radius 1 is 1.53 bits per heavy atom. The number of carbonyl (C=O) groups is 2. The Hall–Kier alpha value is -1.92. The van der Waals surface area contributed by atoms with Crippen molar-refractivity contribution in [1.29, 1.82) is 0 Å². The Bertz CT molecular complexity index is 414. The van der Waals surface area contributed by atoms with Crippen molar-refractivity contribution in [3.63, 3.8) is 0 Å². The van der Waals surface area contributed by atoms with E-state index in [1.54, 1.807) is 6.92 Å². The highest BCUT2D eigenvalue weighted by atomic mass is 16.5. The van der Waals surface area contributed by atoms with Crippen LogP contribution in [-0.4, -0.2) is 27.1 Å². The molecule has 1 amide bonds. The van der Waals surface area contributed by atoms with E-state index in [4.69, 9.17) is 5.11 Å². The predicted molar refractivity (Wildman–Crippen MR) is 46.9 cm³/mol. The van der Waals surface area contributed by atoms with Gasteiger partial charge in [0.05, 0.1) is 11.8 Å². The van der Waals surface area contributed by atoms with Crippen LogP contribution in [-0.2, 0) is 9.59 Å². The number of amides is 1. The second kappa shape index (κ2) is 3.34. The monoisotopic (exact) mass is 211 g/mol. The van der Waals surface area contributed by atoms with E-state index < -0.39 is 17.8 Å². The Kier molecular flexibility index (Phi) is 2.14. The van der Waals surface area contributed by atoms with Crippen LogP contribution >= 0.6 is 0 Å². The summed E-state index contributed by atoms with van der Waals surface area (Å²) in [5.41, 5.74) is 0. The summed E-state index contributed by atoms with van der Waals surface area (Å²) in [5, 5.41) is 14.5. The standard InChI is InChI=1S/C8H9N3O4/c1-3-9-8(15-11-3)10-6(12)4-2-5(4)7(13)14/h4-5H,2H2,1H3,(H,13,14)(H,9,10,11,12). The molecule has 1 aliphatic rings. The van der Waals surface area contributed by atoms with Gasteiger partial charge in [-0.3, -0.25) is 14.9 Å². The lowest BCUT2D eigenvalue weighted by Crippen LogP contribution is -2.16. The zero-order chi connectivity index (χ0) is 11.0. The minimum atomic E-state index is -0.947. The quantitative estimate of drug-likeness (QED) is 0.731. The van der Waals surface area contributed by atoms with Gasteiger partial charge in [0.2, 0.25) is 5.91 Å². The molecule has 0 bridgehead atoms. The van der Waals surface area contributed by atoms with Crippen LogP contribution in [0.4, 0.5) is 6.01 Å². The van der Waals surface area contributed by atoms with Crippen molar-refractivity contribution in [2.75, 3.05) is 5.32 Å². The number of carbonyl (C=O) groups excluding carboxylic acids is 1. The number of hydrogen-bond acceptors (Lipinski definition) is 5. The lowest BCUT2D eigenvalue weighted by atomic mass is 10.3. The first-order chi connectivity index (χ1) is 7.08. The Morgan fingerprint density at radius 2 is 2.27 bits per heavy atom. The van der Waals surface area contributed by atoms with Crippen molar-refractivity contribution in [2.45, 2.75) is 13.3 Å². The van der Waals surface area contributed by atoms with Crippen LogP contribution in [0.25, 0.3) is 0 Å². The van der Waals surface area contributed by atoms with Gasteiger partial charge in [-0.2, -0.15) is 4.98 Å².